The van der Waals surface area contributed by atoms with E-state index in [4.69, 9.17) is 37.7 Å². The molecule has 0 saturated heterocycles. The second kappa shape index (κ2) is 14.5. The predicted molar refractivity (Wildman–Crippen MR) is 184 cm³/mol. The number of nitrogens with one attached hydrogen (secondary N) is 2. The molecule has 12 heteroatoms. The number of amides is 1. The highest BCUT2D eigenvalue weighted by molar-refractivity contribution is 6.41. The molecule has 0 aliphatic heterocycles. The lowest BCUT2D eigenvalue weighted by molar-refractivity contribution is -0.111. The van der Waals surface area contributed by atoms with E-state index < -0.39 is 5.56 Å². The molecule has 0 bridgehead atoms. The highest BCUT2D eigenvalue weighted by Crippen LogP contribution is 2.45. The molecule has 5 aromatic rings. The number of rotatable bonds is 11. The molecule has 0 spiro atoms. The lowest BCUT2D eigenvalue weighted by atomic mass is 10.0. The predicted octanol–water partition coefficient (Wildman–Crippen LogP) is 6.63. The van der Waals surface area contributed by atoms with E-state index >= 15 is 0 Å². The SMILES string of the molecule is COc1cc(OC)c(Cl)c(-c2cc3cnc(Nc4ccccc4)nc3n(Cc3cccc(NC(=O)/C=C/CN(C)C)c3)c2=O)c1Cl. The quantitative estimate of drug-likeness (QED) is 0.152. The molecule has 236 valence electrons. The summed E-state index contributed by atoms with van der Waals surface area (Å²) in [7, 11) is 6.78. The van der Waals surface area contributed by atoms with Gasteiger partial charge in [-0.1, -0.05) is 59.6 Å². The van der Waals surface area contributed by atoms with Gasteiger partial charge in [0.15, 0.2) is 0 Å². The lowest BCUT2D eigenvalue weighted by Crippen LogP contribution is -2.24. The van der Waals surface area contributed by atoms with Gasteiger partial charge in [-0.2, -0.15) is 4.98 Å². The van der Waals surface area contributed by atoms with Crippen LogP contribution < -0.4 is 25.7 Å². The van der Waals surface area contributed by atoms with Crippen LogP contribution in [-0.2, 0) is 11.3 Å². The van der Waals surface area contributed by atoms with Crippen molar-refractivity contribution in [1.82, 2.24) is 19.4 Å². The monoisotopic (exact) mass is 658 g/mol. The highest BCUT2D eigenvalue weighted by atomic mass is 35.5. The van der Waals surface area contributed by atoms with Crippen molar-refractivity contribution in [3.63, 3.8) is 0 Å². The van der Waals surface area contributed by atoms with Gasteiger partial charge in [-0.05, 0) is 50.0 Å². The molecule has 2 heterocycles. The molecule has 0 saturated carbocycles. The van der Waals surface area contributed by atoms with E-state index in [1.54, 1.807) is 30.5 Å². The highest BCUT2D eigenvalue weighted by Gasteiger charge is 2.23. The first-order valence-electron chi connectivity index (χ1n) is 14.2. The molecule has 2 N–H and O–H groups in total. The fourth-order valence-corrected chi connectivity index (χ4v) is 5.51. The maximum atomic E-state index is 14.4. The van der Waals surface area contributed by atoms with E-state index in [9.17, 15) is 9.59 Å². The fourth-order valence-electron chi connectivity index (χ4n) is 4.80. The van der Waals surface area contributed by atoms with Crippen molar-refractivity contribution < 1.29 is 14.3 Å². The van der Waals surface area contributed by atoms with Gasteiger partial charge in [-0.3, -0.25) is 14.2 Å². The molecule has 1 amide bonds. The first-order chi connectivity index (χ1) is 22.2. The number of carbonyl (C=O) groups is 1. The summed E-state index contributed by atoms with van der Waals surface area (Å²) in [4.78, 5) is 38.1. The molecule has 0 radical (unpaired) electrons. The van der Waals surface area contributed by atoms with Crippen LogP contribution in [0.4, 0.5) is 17.3 Å². The standard InChI is InChI=1S/C34H32Cl2N6O4/c1-41(2)15-9-14-28(43)38-24-13-8-10-21(16-24)20-42-32-22(19-37-34(40-32)39-23-11-6-5-7-12-23)17-25(33(42)44)29-30(35)26(45-3)18-27(46-4)31(29)36/h5-14,16-19H,15,20H2,1-4H3,(H,38,43)(H,37,39,40)/b14-9+. The number of nitrogens with zero attached hydrogens (tertiary/aromatic N) is 4. The van der Waals surface area contributed by atoms with Crippen molar-refractivity contribution in [2.75, 3.05) is 45.5 Å². The Morgan fingerprint density at radius 3 is 2.33 bits per heavy atom. The Hall–Kier alpha value is -4.90. The van der Waals surface area contributed by atoms with Crippen molar-refractivity contribution >= 4 is 57.5 Å². The van der Waals surface area contributed by atoms with Gasteiger partial charge >= 0.3 is 0 Å². The van der Waals surface area contributed by atoms with Crippen LogP contribution in [0.15, 0.2) is 89.9 Å². The van der Waals surface area contributed by atoms with Crippen LogP contribution >= 0.6 is 23.2 Å². The minimum absolute atomic E-state index is 0.113. The molecule has 0 aliphatic carbocycles. The summed E-state index contributed by atoms with van der Waals surface area (Å²) in [6.07, 6.45) is 4.90. The average Bonchev–Trinajstić information content (AvgIpc) is 3.04. The van der Waals surface area contributed by atoms with Gasteiger partial charge in [0.2, 0.25) is 11.9 Å². The minimum Gasteiger partial charge on any atom is -0.495 e. The van der Waals surface area contributed by atoms with E-state index in [-0.39, 0.29) is 33.6 Å². The van der Waals surface area contributed by atoms with Gasteiger partial charge < -0.3 is 25.0 Å². The van der Waals surface area contributed by atoms with E-state index in [0.717, 1.165) is 11.3 Å². The average molecular weight is 660 g/mol. The van der Waals surface area contributed by atoms with Gasteiger partial charge in [-0.15, -0.1) is 0 Å². The smallest absolute Gasteiger partial charge is 0.260 e. The second-order valence-corrected chi connectivity index (χ2v) is 11.3. The van der Waals surface area contributed by atoms with Gasteiger partial charge in [0.1, 0.15) is 17.1 Å². The third kappa shape index (κ3) is 7.31. The van der Waals surface area contributed by atoms with E-state index in [1.165, 1.54) is 24.9 Å². The van der Waals surface area contributed by atoms with Gasteiger partial charge in [-0.25, -0.2) is 4.98 Å². The molecule has 0 atom stereocenters. The number of carbonyl (C=O) groups excluding carboxylic acids is 1. The number of hydrogen-bond donors (Lipinski definition) is 2. The van der Waals surface area contributed by atoms with Crippen molar-refractivity contribution in [3.05, 3.63) is 111 Å². The van der Waals surface area contributed by atoms with Crippen LogP contribution in [0.5, 0.6) is 11.5 Å². The molecule has 0 aliphatic rings. The molecule has 3 aromatic carbocycles. The zero-order valence-corrected chi connectivity index (χ0v) is 27.2. The van der Waals surface area contributed by atoms with E-state index in [0.29, 0.717) is 40.7 Å². The summed E-state index contributed by atoms with van der Waals surface area (Å²) in [5, 5.41) is 6.95. The Balaban J connectivity index is 1.63. The van der Waals surface area contributed by atoms with Crippen molar-refractivity contribution in [2.45, 2.75) is 6.54 Å². The van der Waals surface area contributed by atoms with E-state index in [1.807, 2.05) is 67.5 Å². The van der Waals surface area contributed by atoms with Crippen LogP contribution in [-0.4, -0.2) is 60.2 Å². The van der Waals surface area contributed by atoms with Crippen LogP contribution in [0.3, 0.4) is 0 Å². The number of methoxy groups -OCH3 is 2. The number of likely N-dealkylation sites (N-methyl/N-ethyl adjacent to an activating group) is 1. The van der Waals surface area contributed by atoms with Crippen molar-refractivity contribution in [2.24, 2.45) is 0 Å². The van der Waals surface area contributed by atoms with Crippen LogP contribution in [0.25, 0.3) is 22.2 Å². The number of para-hydroxylation sites is 1. The lowest BCUT2D eigenvalue weighted by Gasteiger charge is -2.17. The first-order valence-corrected chi connectivity index (χ1v) is 15.0. The van der Waals surface area contributed by atoms with Crippen LogP contribution in [0, 0.1) is 0 Å². The molecule has 2 aromatic heterocycles. The molecule has 10 nitrogen and oxygen atoms in total. The Kier molecular flexibility index (Phi) is 10.2. The number of hydrogen-bond acceptors (Lipinski definition) is 8. The largest absolute Gasteiger partial charge is 0.495 e. The molecular formula is C34H32Cl2N6O4. The van der Waals surface area contributed by atoms with Crippen molar-refractivity contribution in [1.29, 1.82) is 0 Å². The first kappa shape index (κ1) is 32.5. The van der Waals surface area contributed by atoms with Crippen molar-refractivity contribution in [3.8, 4) is 22.6 Å². The van der Waals surface area contributed by atoms with Crippen LogP contribution in [0.1, 0.15) is 5.56 Å². The summed E-state index contributed by atoms with van der Waals surface area (Å²) >= 11 is 13.5. The second-order valence-electron chi connectivity index (χ2n) is 10.6. The number of aromatic nitrogens is 3. The summed E-state index contributed by atoms with van der Waals surface area (Å²) < 4.78 is 12.4. The topological polar surface area (TPSA) is 111 Å². The third-order valence-electron chi connectivity index (χ3n) is 6.97. The van der Waals surface area contributed by atoms with Gasteiger partial charge in [0.25, 0.3) is 5.56 Å². The molecule has 46 heavy (non-hydrogen) atoms. The molecule has 0 unspecified atom stereocenters. The molecule has 5 rings (SSSR count). The number of pyridine rings is 1. The zero-order chi connectivity index (χ0) is 32.8. The fraction of sp³-hybridized carbons (Fsp3) is 0.176. The maximum Gasteiger partial charge on any atom is 0.260 e. The summed E-state index contributed by atoms with van der Waals surface area (Å²) in [5.41, 5.74) is 2.56. The number of benzene rings is 3. The Morgan fingerprint density at radius 1 is 0.957 bits per heavy atom. The normalized spacial score (nSPS) is 11.3. The molecular weight excluding hydrogens is 627 g/mol. The summed E-state index contributed by atoms with van der Waals surface area (Å²) in [5.74, 6) is 0.643. The number of ether oxygens (including phenoxy) is 2. The maximum absolute atomic E-state index is 14.4. The Morgan fingerprint density at radius 2 is 1.65 bits per heavy atom. The number of anilines is 3. The van der Waals surface area contributed by atoms with E-state index in [2.05, 4.69) is 15.6 Å². The Bertz CT molecular complexity index is 1950. The summed E-state index contributed by atoms with van der Waals surface area (Å²) in [6, 6.07) is 20.0. The number of halogens is 2. The summed E-state index contributed by atoms with van der Waals surface area (Å²) in [6.45, 7) is 0.747. The minimum atomic E-state index is -0.406. The molecule has 0 fully saturated rings. The zero-order valence-electron chi connectivity index (χ0n) is 25.7. The van der Waals surface area contributed by atoms with Crippen LogP contribution in [0.2, 0.25) is 10.0 Å². The van der Waals surface area contributed by atoms with Gasteiger partial charge in [0.05, 0.1) is 36.4 Å². The Labute approximate surface area is 276 Å². The number of fused-ring (bicyclic) bond motifs is 1. The van der Waals surface area contributed by atoms with Gasteiger partial charge in [0, 0.05) is 47.2 Å². The third-order valence-corrected chi connectivity index (χ3v) is 7.73.